The maximum Gasteiger partial charge on any atom is 0.226 e. The van der Waals surface area contributed by atoms with Crippen LogP contribution in [0.2, 0.25) is 0 Å². The van der Waals surface area contributed by atoms with E-state index in [0.29, 0.717) is 4.77 Å². The van der Waals surface area contributed by atoms with Gasteiger partial charge >= 0.3 is 0 Å². The maximum absolute atomic E-state index is 5.24. The van der Waals surface area contributed by atoms with Crippen LogP contribution in [0.5, 0.6) is 0 Å². The first-order chi connectivity index (χ1) is 8.49. The topological polar surface area (TPSA) is 49.7 Å². The Labute approximate surface area is 115 Å². The number of H-pyrrole nitrogens is 1. The number of rotatable bonds is 4. The normalized spacial score (nSPS) is 11.2. The maximum atomic E-state index is 5.24. The van der Waals surface area contributed by atoms with Crippen molar-refractivity contribution in [1.29, 1.82) is 0 Å². The Morgan fingerprint density at radius 1 is 1.56 bits per heavy atom. The van der Waals surface area contributed by atoms with Crippen LogP contribution in [0.15, 0.2) is 5.38 Å². The van der Waals surface area contributed by atoms with Crippen molar-refractivity contribution in [2.24, 2.45) is 0 Å². The summed E-state index contributed by atoms with van der Waals surface area (Å²) in [5, 5.41) is 10.3. The van der Waals surface area contributed by atoms with Crippen LogP contribution >= 0.6 is 23.6 Å². The smallest absolute Gasteiger partial charge is 0.226 e. The number of hydrogen-bond donors (Lipinski definition) is 1. The SMILES string of the molecule is Cc1nc(CN(C)c2n[nH]c(=S)n2C(C)C)cs1. The van der Waals surface area contributed by atoms with Gasteiger partial charge in [-0.15, -0.1) is 16.4 Å². The Morgan fingerprint density at radius 2 is 2.28 bits per heavy atom. The predicted molar refractivity (Wildman–Crippen MR) is 76.8 cm³/mol. The lowest BCUT2D eigenvalue weighted by atomic mass is 10.4. The summed E-state index contributed by atoms with van der Waals surface area (Å²) in [4.78, 5) is 6.52. The van der Waals surface area contributed by atoms with Crippen LogP contribution in [0, 0.1) is 11.7 Å². The second-order valence-electron chi connectivity index (χ2n) is 4.51. The average molecular weight is 283 g/mol. The third kappa shape index (κ3) is 2.62. The molecular formula is C11H17N5S2. The molecule has 0 aliphatic carbocycles. The second-order valence-corrected chi connectivity index (χ2v) is 5.96. The van der Waals surface area contributed by atoms with Crippen molar-refractivity contribution in [2.75, 3.05) is 11.9 Å². The summed E-state index contributed by atoms with van der Waals surface area (Å²) in [5.41, 5.74) is 1.06. The van der Waals surface area contributed by atoms with Crippen molar-refractivity contribution < 1.29 is 0 Å². The molecule has 0 aromatic carbocycles. The lowest BCUT2D eigenvalue weighted by molar-refractivity contribution is 0.583. The Balaban J connectivity index is 2.24. The molecule has 2 aromatic rings. The van der Waals surface area contributed by atoms with Crippen LogP contribution < -0.4 is 4.90 Å². The van der Waals surface area contributed by atoms with E-state index in [2.05, 4.69) is 39.3 Å². The highest BCUT2D eigenvalue weighted by Crippen LogP contribution is 2.18. The molecule has 0 radical (unpaired) electrons. The lowest BCUT2D eigenvalue weighted by Crippen LogP contribution is -2.22. The molecule has 0 aliphatic rings. The molecule has 0 unspecified atom stereocenters. The van der Waals surface area contributed by atoms with Crippen molar-refractivity contribution in [1.82, 2.24) is 19.7 Å². The molecule has 0 saturated carbocycles. The number of anilines is 1. The number of aromatic nitrogens is 4. The minimum atomic E-state index is 0.283. The summed E-state index contributed by atoms with van der Waals surface area (Å²) in [5.74, 6) is 0.848. The first-order valence-corrected chi connectivity index (χ1v) is 7.07. The van der Waals surface area contributed by atoms with Crippen molar-refractivity contribution in [3.05, 3.63) is 20.9 Å². The van der Waals surface area contributed by atoms with Crippen molar-refractivity contribution in [3.63, 3.8) is 0 Å². The summed E-state index contributed by atoms with van der Waals surface area (Å²) >= 11 is 6.91. The van der Waals surface area contributed by atoms with E-state index in [1.165, 1.54) is 0 Å². The number of hydrogen-bond acceptors (Lipinski definition) is 5. The fourth-order valence-electron chi connectivity index (χ4n) is 1.83. The predicted octanol–water partition coefficient (Wildman–Crippen LogP) is 2.92. The Bertz CT molecular complexity index is 580. The number of aromatic amines is 1. The van der Waals surface area contributed by atoms with Gasteiger partial charge in [0, 0.05) is 18.5 Å². The fourth-order valence-corrected chi connectivity index (χ4v) is 2.77. The van der Waals surface area contributed by atoms with E-state index in [0.717, 1.165) is 23.2 Å². The molecule has 1 N–H and O–H groups in total. The first kappa shape index (κ1) is 13.2. The van der Waals surface area contributed by atoms with Gasteiger partial charge in [-0.25, -0.2) is 10.1 Å². The minimum absolute atomic E-state index is 0.283. The molecule has 0 saturated heterocycles. The van der Waals surface area contributed by atoms with Crippen LogP contribution in [-0.2, 0) is 6.54 Å². The third-order valence-corrected chi connectivity index (χ3v) is 3.72. The van der Waals surface area contributed by atoms with Gasteiger partial charge in [0.2, 0.25) is 5.95 Å². The van der Waals surface area contributed by atoms with E-state index in [1.54, 1.807) is 11.3 Å². The van der Waals surface area contributed by atoms with Gasteiger partial charge in [0.05, 0.1) is 17.2 Å². The highest BCUT2D eigenvalue weighted by molar-refractivity contribution is 7.71. The largest absolute Gasteiger partial charge is 0.338 e. The van der Waals surface area contributed by atoms with Gasteiger partial charge in [0.1, 0.15) is 0 Å². The first-order valence-electron chi connectivity index (χ1n) is 5.78. The quantitative estimate of drug-likeness (QED) is 0.877. The molecule has 2 rings (SSSR count). The summed E-state index contributed by atoms with van der Waals surface area (Å²) in [7, 11) is 2.00. The van der Waals surface area contributed by atoms with Crippen molar-refractivity contribution >= 4 is 29.5 Å². The molecule has 0 spiro atoms. The summed E-state index contributed by atoms with van der Waals surface area (Å²) in [6.07, 6.45) is 0. The number of nitrogens with zero attached hydrogens (tertiary/aromatic N) is 4. The second kappa shape index (κ2) is 5.19. The number of aryl methyl sites for hydroxylation is 1. The molecule has 0 fully saturated rings. The highest BCUT2D eigenvalue weighted by atomic mass is 32.1. The Kier molecular flexibility index (Phi) is 3.82. The van der Waals surface area contributed by atoms with E-state index in [-0.39, 0.29) is 6.04 Å². The van der Waals surface area contributed by atoms with Crippen LogP contribution in [0.4, 0.5) is 5.95 Å². The number of nitrogens with one attached hydrogen (secondary N) is 1. The van der Waals surface area contributed by atoms with E-state index in [4.69, 9.17) is 12.2 Å². The molecule has 7 heteroatoms. The molecule has 2 aromatic heterocycles. The molecule has 18 heavy (non-hydrogen) atoms. The summed E-state index contributed by atoms with van der Waals surface area (Å²) < 4.78 is 2.66. The van der Waals surface area contributed by atoms with Gasteiger partial charge in [-0.2, -0.15) is 0 Å². The molecule has 0 atom stereocenters. The number of thiazole rings is 1. The Morgan fingerprint density at radius 3 is 2.83 bits per heavy atom. The Hall–Kier alpha value is -1.21. The van der Waals surface area contributed by atoms with Gasteiger partial charge < -0.3 is 4.90 Å². The molecule has 98 valence electrons. The molecule has 5 nitrogen and oxygen atoms in total. The zero-order valence-electron chi connectivity index (χ0n) is 11.0. The van der Waals surface area contributed by atoms with Crippen molar-refractivity contribution in [3.8, 4) is 0 Å². The van der Waals surface area contributed by atoms with Gasteiger partial charge in [0.15, 0.2) is 4.77 Å². The molecule has 2 heterocycles. The van der Waals surface area contributed by atoms with Gasteiger partial charge in [0.25, 0.3) is 0 Å². The highest BCUT2D eigenvalue weighted by Gasteiger charge is 2.14. The van der Waals surface area contributed by atoms with E-state index < -0.39 is 0 Å². The summed E-state index contributed by atoms with van der Waals surface area (Å²) in [6, 6.07) is 0.283. The monoisotopic (exact) mass is 283 g/mol. The minimum Gasteiger partial charge on any atom is -0.338 e. The van der Waals surface area contributed by atoms with Gasteiger partial charge in [-0.05, 0) is 33.0 Å². The van der Waals surface area contributed by atoms with Crippen molar-refractivity contribution in [2.45, 2.75) is 33.4 Å². The van der Waals surface area contributed by atoms with Gasteiger partial charge in [-0.1, -0.05) is 0 Å². The van der Waals surface area contributed by atoms with Crippen LogP contribution in [0.3, 0.4) is 0 Å². The lowest BCUT2D eigenvalue weighted by Gasteiger charge is -2.19. The summed E-state index contributed by atoms with van der Waals surface area (Å²) in [6.45, 7) is 6.93. The molecular weight excluding hydrogens is 266 g/mol. The molecule has 0 bridgehead atoms. The van der Waals surface area contributed by atoms with Crippen LogP contribution in [0.1, 0.15) is 30.6 Å². The van der Waals surface area contributed by atoms with E-state index in [9.17, 15) is 0 Å². The van der Waals surface area contributed by atoms with Crippen LogP contribution in [-0.4, -0.2) is 26.8 Å². The van der Waals surface area contributed by atoms with E-state index >= 15 is 0 Å². The standard InChI is InChI=1S/C11H17N5S2/c1-7(2)16-10(13-14-11(16)17)15(4)5-9-6-18-8(3)12-9/h6-7H,5H2,1-4H3,(H,14,17). The zero-order valence-corrected chi connectivity index (χ0v) is 12.6. The zero-order chi connectivity index (χ0) is 13.3. The average Bonchev–Trinajstić information content (AvgIpc) is 2.84. The van der Waals surface area contributed by atoms with Gasteiger partial charge in [-0.3, -0.25) is 4.57 Å². The fraction of sp³-hybridized carbons (Fsp3) is 0.545. The third-order valence-electron chi connectivity index (χ3n) is 2.61. The molecule has 0 amide bonds. The van der Waals surface area contributed by atoms with Crippen LogP contribution in [0.25, 0.3) is 0 Å². The van der Waals surface area contributed by atoms with E-state index in [1.807, 2.05) is 18.5 Å². The molecule has 0 aliphatic heterocycles.